The minimum Gasteiger partial charge on any atom is -0.444 e. The fraction of sp³-hybridized carbons (Fsp3) is 0.435. The molecule has 1 spiro atoms. The summed E-state index contributed by atoms with van der Waals surface area (Å²) in [7, 11) is 0. The first-order chi connectivity index (χ1) is 13.6. The van der Waals surface area contributed by atoms with Crippen LogP contribution in [0.5, 0.6) is 0 Å². The molecule has 0 atom stereocenters. The van der Waals surface area contributed by atoms with Gasteiger partial charge in [0.05, 0.1) is 6.54 Å². The number of carbonyl (C=O) groups is 1. The summed E-state index contributed by atoms with van der Waals surface area (Å²) in [5.74, 6) is -1.72. The van der Waals surface area contributed by atoms with E-state index in [9.17, 15) is 18.0 Å². The van der Waals surface area contributed by atoms with Gasteiger partial charge >= 0.3 is 6.09 Å². The van der Waals surface area contributed by atoms with Crippen molar-refractivity contribution >= 4 is 6.09 Å². The van der Waals surface area contributed by atoms with Crippen LogP contribution < -0.4 is 0 Å². The summed E-state index contributed by atoms with van der Waals surface area (Å²) < 4.78 is 48.4. The molecule has 29 heavy (non-hydrogen) atoms. The second kappa shape index (κ2) is 6.78. The predicted octanol–water partition coefficient (Wildman–Crippen LogP) is 5.94. The number of halogens is 3. The summed E-state index contributed by atoms with van der Waals surface area (Å²) in [5, 5.41) is 0. The van der Waals surface area contributed by atoms with Crippen LogP contribution in [0.15, 0.2) is 30.3 Å². The van der Waals surface area contributed by atoms with Gasteiger partial charge in [0.25, 0.3) is 0 Å². The molecule has 4 rings (SSSR count). The van der Waals surface area contributed by atoms with Crippen molar-refractivity contribution in [3.05, 3.63) is 58.9 Å². The largest absolute Gasteiger partial charge is 0.444 e. The Hall–Kier alpha value is -2.50. The molecule has 2 aliphatic rings. The Bertz CT molecular complexity index is 977. The fourth-order valence-corrected chi connectivity index (χ4v) is 4.48. The number of benzene rings is 2. The minimum absolute atomic E-state index is 0.121. The van der Waals surface area contributed by atoms with Gasteiger partial charge in [0.15, 0.2) is 0 Å². The van der Waals surface area contributed by atoms with Crippen molar-refractivity contribution in [2.75, 3.05) is 6.54 Å². The molecule has 0 bridgehead atoms. The zero-order valence-electron chi connectivity index (χ0n) is 16.8. The van der Waals surface area contributed by atoms with Crippen LogP contribution in [0.3, 0.4) is 0 Å². The highest BCUT2D eigenvalue weighted by Gasteiger charge is 2.48. The number of hydrogen-bond acceptors (Lipinski definition) is 2. The Labute approximate surface area is 168 Å². The van der Waals surface area contributed by atoms with E-state index in [0.717, 1.165) is 25.3 Å². The summed E-state index contributed by atoms with van der Waals surface area (Å²) >= 11 is 0. The van der Waals surface area contributed by atoms with Crippen LogP contribution in [0, 0.1) is 17.5 Å². The molecule has 1 heterocycles. The maximum atomic E-state index is 15.0. The van der Waals surface area contributed by atoms with Crippen molar-refractivity contribution in [3.8, 4) is 11.1 Å². The Morgan fingerprint density at radius 3 is 2.31 bits per heavy atom. The molecule has 0 radical (unpaired) electrons. The summed E-state index contributed by atoms with van der Waals surface area (Å²) in [4.78, 5) is 14.4. The lowest BCUT2D eigenvalue weighted by Crippen LogP contribution is -2.53. The van der Waals surface area contributed by atoms with E-state index in [1.807, 2.05) is 0 Å². The minimum atomic E-state index is -0.712. The lowest BCUT2D eigenvalue weighted by Gasteiger charge is -2.50. The Morgan fingerprint density at radius 1 is 1.03 bits per heavy atom. The van der Waals surface area contributed by atoms with E-state index in [1.54, 1.807) is 25.7 Å². The number of hydrogen-bond donors (Lipinski definition) is 0. The van der Waals surface area contributed by atoms with Crippen molar-refractivity contribution < 1.29 is 22.7 Å². The molecule has 0 unspecified atom stereocenters. The van der Waals surface area contributed by atoms with Gasteiger partial charge in [0.1, 0.15) is 23.1 Å². The monoisotopic (exact) mass is 403 g/mol. The maximum absolute atomic E-state index is 15.0. The van der Waals surface area contributed by atoms with Gasteiger partial charge in [-0.05, 0) is 62.9 Å². The first kappa shape index (κ1) is 19.8. The Kier molecular flexibility index (Phi) is 4.63. The zero-order valence-corrected chi connectivity index (χ0v) is 16.8. The van der Waals surface area contributed by atoms with Crippen LogP contribution in [0.4, 0.5) is 18.0 Å². The van der Waals surface area contributed by atoms with E-state index in [-0.39, 0.29) is 17.9 Å². The molecule has 0 aromatic heterocycles. The van der Waals surface area contributed by atoms with E-state index < -0.39 is 28.7 Å². The molecule has 1 saturated carbocycles. The topological polar surface area (TPSA) is 29.5 Å². The molecule has 1 amide bonds. The van der Waals surface area contributed by atoms with Crippen LogP contribution in [-0.4, -0.2) is 23.1 Å². The first-order valence-electron chi connectivity index (χ1n) is 9.85. The molecular weight excluding hydrogens is 379 g/mol. The third kappa shape index (κ3) is 3.49. The molecule has 1 fully saturated rings. The van der Waals surface area contributed by atoms with Crippen molar-refractivity contribution in [3.63, 3.8) is 0 Å². The number of carbonyl (C=O) groups excluding carboxylic acids is 1. The van der Waals surface area contributed by atoms with Crippen LogP contribution in [0.1, 0.15) is 51.2 Å². The zero-order chi connectivity index (χ0) is 21.0. The number of rotatable bonds is 1. The molecule has 154 valence electrons. The highest BCUT2D eigenvalue weighted by Crippen LogP contribution is 2.51. The van der Waals surface area contributed by atoms with Crippen LogP contribution in [0.25, 0.3) is 11.1 Å². The highest BCUT2D eigenvalue weighted by atomic mass is 19.1. The number of ether oxygens (including phenoxy) is 1. The third-order valence-electron chi connectivity index (χ3n) is 5.82. The molecule has 0 saturated heterocycles. The van der Waals surface area contributed by atoms with E-state index in [4.69, 9.17) is 4.74 Å². The molecule has 2 aromatic carbocycles. The van der Waals surface area contributed by atoms with Crippen LogP contribution >= 0.6 is 0 Å². The summed E-state index contributed by atoms with van der Waals surface area (Å²) in [6, 6.07) is 6.22. The van der Waals surface area contributed by atoms with Crippen molar-refractivity contribution in [2.24, 2.45) is 0 Å². The SMILES string of the molecule is CC(C)(C)OC(=O)N1Cc2c(-c3ccc(F)cc3F)ccc(F)c2C2(CCC2)C1. The van der Waals surface area contributed by atoms with Crippen molar-refractivity contribution in [2.45, 2.75) is 57.6 Å². The second-order valence-corrected chi connectivity index (χ2v) is 9.04. The fourth-order valence-electron chi connectivity index (χ4n) is 4.48. The van der Waals surface area contributed by atoms with Gasteiger partial charge in [-0.1, -0.05) is 12.5 Å². The molecule has 3 nitrogen and oxygen atoms in total. The third-order valence-corrected chi connectivity index (χ3v) is 5.82. The number of amides is 1. The number of fused-ring (bicyclic) bond motifs is 2. The smallest absolute Gasteiger partial charge is 0.410 e. The first-order valence-corrected chi connectivity index (χ1v) is 9.85. The van der Waals surface area contributed by atoms with Crippen molar-refractivity contribution in [1.29, 1.82) is 0 Å². The van der Waals surface area contributed by atoms with E-state index in [2.05, 4.69) is 0 Å². The van der Waals surface area contributed by atoms with E-state index in [1.165, 1.54) is 24.3 Å². The quantitative estimate of drug-likeness (QED) is 0.589. The normalized spacial score (nSPS) is 17.7. The van der Waals surface area contributed by atoms with Gasteiger partial charge in [0, 0.05) is 29.2 Å². The van der Waals surface area contributed by atoms with Gasteiger partial charge in [-0.3, -0.25) is 0 Å². The molecule has 1 aliphatic heterocycles. The van der Waals surface area contributed by atoms with Gasteiger partial charge in [0.2, 0.25) is 0 Å². The van der Waals surface area contributed by atoms with Gasteiger partial charge < -0.3 is 9.64 Å². The number of nitrogens with zero attached hydrogens (tertiary/aromatic N) is 1. The van der Waals surface area contributed by atoms with Crippen LogP contribution in [-0.2, 0) is 16.7 Å². The van der Waals surface area contributed by atoms with Gasteiger partial charge in [-0.15, -0.1) is 0 Å². The molecule has 2 aromatic rings. The average molecular weight is 403 g/mol. The summed E-state index contributed by atoms with van der Waals surface area (Å²) in [5.41, 5.74) is 0.678. The summed E-state index contributed by atoms with van der Waals surface area (Å²) in [6.07, 6.45) is 1.98. The highest BCUT2D eigenvalue weighted by molar-refractivity contribution is 5.74. The van der Waals surface area contributed by atoms with Crippen molar-refractivity contribution in [1.82, 2.24) is 4.90 Å². The average Bonchev–Trinajstić information content (AvgIpc) is 2.59. The molecule has 1 aliphatic carbocycles. The van der Waals surface area contributed by atoms with Crippen LogP contribution in [0.2, 0.25) is 0 Å². The van der Waals surface area contributed by atoms with E-state index in [0.29, 0.717) is 23.2 Å². The Morgan fingerprint density at radius 2 is 1.72 bits per heavy atom. The Balaban J connectivity index is 1.84. The van der Waals surface area contributed by atoms with Gasteiger partial charge in [-0.25, -0.2) is 18.0 Å². The lowest BCUT2D eigenvalue weighted by molar-refractivity contribution is 0.00934. The standard InChI is InChI=1S/C23H24F3NO2/c1-22(2,3)29-21(28)27-12-17-15(16-6-5-14(24)11-19(16)26)7-8-18(25)20(17)23(13-27)9-4-10-23/h5-8,11H,4,9-10,12-13H2,1-3H3. The maximum Gasteiger partial charge on any atom is 0.410 e. The summed E-state index contributed by atoms with van der Waals surface area (Å²) in [6.45, 7) is 5.87. The lowest BCUT2D eigenvalue weighted by atomic mass is 9.61. The molecule has 0 N–H and O–H groups in total. The molecular formula is C23H24F3NO2. The second-order valence-electron chi connectivity index (χ2n) is 9.04. The van der Waals surface area contributed by atoms with E-state index >= 15 is 0 Å². The predicted molar refractivity (Wildman–Crippen MR) is 104 cm³/mol. The van der Waals surface area contributed by atoms with Gasteiger partial charge in [-0.2, -0.15) is 0 Å². The molecule has 6 heteroatoms.